The molecule has 0 aromatic heterocycles. The first-order valence-electron chi connectivity index (χ1n) is 7.16. The fourth-order valence-corrected chi connectivity index (χ4v) is 2.92. The van der Waals surface area contributed by atoms with Crippen molar-refractivity contribution in [3.8, 4) is 11.8 Å². The molecule has 0 spiro atoms. The Labute approximate surface area is 121 Å². The van der Waals surface area contributed by atoms with Gasteiger partial charge in [-0.05, 0) is 48.8 Å². The van der Waals surface area contributed by atoms with Gasteiger partial charge in [0.2, 0.25) is 0 Å². The maximum absolute atomic E-state index is 10.7. The monoisotopic (exact) mass is 273 g/mol. The van der Waals surface area contributed by atoms with Gasteiger partial charge in [0.1, 0.15) is 5.75 Å². The molecule has 1 N–H and O–H groups in total. The summed E-state index contributed by atoms with van der Waals surface area (Å²) in [6.45, 7) is 4.46. The molecule has 20 heavy (non-hydrogen) atoms. The van der Waals surface area contributed by atoms with Crippen molar-refractivity contribution < 1.29 is 9.84 Å². The number of ether oxygens (including phenoxy) is 1. The minimum absolute atomic E-state index is 0.278. The lowest BCUT2D eigenvalue weighted by Crippen LogP contribution is -2.35. The molecule has 1 aromatic carbocycles. The lowest BCUT2D eigenvalue weighted by atomic mass is 9.62. The van der Waals surface area contributed by atoms with Crippen LogP contribution in [0.3, 0.4) is 0 Å². The fraction of sp³-hybridized carbons (Fsp3) is 0.588. The van der Waals surface area contributed by atoms with Gasteiger partial charge < -0.3 is 9.84 Å². The van der Waals surface area contributed by atoms with Crippen LogP contribution in [0.4, 0.5) is 0 Å². The minimum atomic E-state index is -0.727. The van der Waals surface area contributed by atoms with E-state index in [1.807, 2.05) is 24.3 Å². The standard InChI is InChI=1S/C17H23NO2/c1-16(2)8-10-17(12-18,11-9-16)15(19)13-4-6-14(20-3)7-5-13/h4-7,15,19H,8-11H2,1-3H3. The molecule has 0 amide bonds. The molecule has 0 saturated heterocycles. The molecule has 1 saturated carbocycles. The zero-order valence-electron chi connectivity index (χ0n) is 12.5. The lowest BCUT2D eigenvalue weighted by Gasteiger charge is -2.42. The molecular formula is C17H23NO2. The van der Waals surface area contributed by atoms with E-state index >= 15 is 0 Å². The molecule has 108 valence electrons. The zero-order chi connectivity index (χ0) is 14.8. The molecule has 0 aliphatic heterocycles. The Morgan fingerprint density at radius 3 is 2.15 bits per heavy atom. The van der Waals surface area contributed by atoms with Crippen LogP contribution in [0.2, 0.25) is 0 Å². The number of nitriles is 1. The summed E-state index contributed by atoms with van der Waals surface area (Å²) in [6.07, 6.45) is 2.74. The van der Waals surface area contributed by atoms with Crippen molar-refractivity contribution in [2.45, 2.75) is 45.6 Å². The molecule has 0 radical (unpaired) electrons. The van der Waals surface area contributed by atoms with Crippen LogP contribution in [-0.4, -0.2) is 12.2 Å². The van der Waals surface area contributed by atoms with Crippen molar-refractivity contribution in [3.05, 3.63) is 29.8 Å². The van der Waals surface area contributed by atoms with E-state index in [0.29, 0.717) is 0 Å². The molecule has 1 unspecified atom stereocenters. The second kappa shape index (κ2) is 5.46. The molecule has 1 aliphatic rings. The molecule has 0 bridgehead atoms. The normalized spacial score (nSPS) is 21.8. The summed E-state index contributed by atoms with van der Waals surface area (Å²) in [5.74, 6) is 0.761. The van der Waals surface area contributed by atoms with E-state index in [2.05, 4.69) is 19.9 Å². The molecule has 3 heteroatoms. The van der Waals surface area contributed by atoms with Gasteiger partial charge in [-0.2, -0.15) is 5.26 Å². The highest BCUT2D eigenvalue weighted by atomic mass is 16.5. The summed E-state index contributed by atoms with van der Waals surface area (Å²) in [6, 6.07) is 9.76. The van der Waals surface area contributed by atoms with Gasteiger partial charge in [-0.1, -0.05) is 26.0 Å². The van der Waals surface area contributed by atoms with E-state index in [9.17, 15) is 10.4 Å². The molecule has 1 atom stereocenters. The number of aliphatic hydroxyl groups is 1. The zero-order valence-corrected chi connectivity index (χ0v) is 12.5. The smallest absolute Gasteiger partial charge is 0.118 e. The van der Waals surface area contributed by atoms with Gasteiger partial charge in [0.15, 0.2) is 0 Å². The van der Waals surface area contributed by atoms with Gasteiger partial charge in [-0.15, -0.1) is 0 Å². The molecule has 0 heterocycles. The van der Waals surface area contributed by atoms with Crippen LogP contribution in [-0.2, 0) is 0 Å². The van der Waals surface area contributed by atoms with Gasteiger partial charge in [0.25, 0.3) is 0 Å². The van der Waals surface area contributed by atoms with Gasteiger partial charge in [-0.3, -0.25) is 0 Å². The van der Waals surface area contributed by atoms with Crippen LogP contribution >= 0.6 is 0 Å². The average Bonchev–Trinajstić information content (AvgIpc) is 2.47. The Morgan fingerprint density at radius 1 is 1.15 bits per heavy atom. The number of rotatable bonds is 3. The van der Waals surface area contributed by atoms with Crippen molar-refractivity contribution in [2.75, 3.05) is 7.11 Å². The molecular weight excluding hydrogens is 250 g/mol. The summed E-state index contributed by atoms with van der Waals surface area (Å²) in [4.78, 5) is 0. The predicted molar refractivity (Wildman–Crippen MR) is 78.2 cm³/mol. The maximum Gasteiger partial charge on any atom is 0.118 e. The summed E-state index contributed by atoms with van der Waals surface area (Å²) in [5, 5.41) is 20.3. The van der Waals surface area contributed by atoms with Crippen LogP contribution in [0.1, 0.15) is 51.2 Å². The van der Waals surface area contributed by atoms with E-state index in [4.69, 9.17) is 4.74 Å². The lowest BCUT2D eigenvalue weighted by molar-refractivity contribution is 0.00954. The molecule has 1 aliphatic carbocycles. The highest BCUT2D eigenvalue weighted by Crippen LogP contribution is 2.50. The second-order valence-electron chi connectivity index (χ2n) is 6.61. The van der Waals surface area contributed by atoms with E-state index in [1.54, 1.807) is 7.11 Å². The average molecular weight is 273 g/mol. The Hall–Kier alpha value is -1.53. The quantitative estimate of drug-likeness (QED) is 0.910. The number of hydrogen-bond donors (Lipinski definition) is 1. The summed E-state index contributed by atoms with van der Waals surface area (Å²) in [5.41, 5.74) is 0.427. The number of methoxy groups -OCH3 is 1. The molecule has 2 rings (SSSR count). The topological polar surface area (TPSA) is 53.2 Å². The van der Waals surface area contributed by atoms with Gasteiger partial charge in [-0.25, -0.2) is 0 Å². The Bertz CT molecular complexity index is 489. The van der Waals surface area contributed by atoms with Gasteiger partial charge in [0.05, 0.1) is 24.7 Å². The Balaban J connectivity index is 2.21. The first-order chi connectivity index (χ1) is 9.42. The highest BCUT2D eigenvalue weighted by molar-refractivity contribution is 5.30. The number of aliphatic hydroxyl groups excluding tert-OH is 1. The van der Waals surface area contributed by atoms with E-state index in [-0.39, 0.29) is 5.41 Å². The van der Waals surface area contributed by atoms with Crippen LogP contribution in [0.5, 0.6) is 5.75 Å². The predicted octanol–water partition coefficient (Wildman–Crippen LogP) is 3.84. The summed E-state index contributed by atoms with van der Waals surface area (Å²) in [7, 11) is 1.62. The SMILES string of the molecule is COc1ccc(C(O)C2(C#N)CCC(C)(C)CC2)cc1. The first kappa shape index (κ1) is 14.9. The number of benzene rings is 1. The Morgan fingerprint density at radius 2 is 1.70 bits per heavy atom. The number of nitrogens with zero attached hydrogens (tertiary/aromatic N) is 1. The third kappa shape index (κ3) is 2.81. The van der Waals surface area contributed by atoms with Crippen molar-refractivity contribution in [1.82, 2.24) is 0 Å². The third-order valence-corrected chi connectivity index (χ3v) is 4.67. The van der Waals surface area contributed by atoms with Crippen LogP contribution < -0.4 is 4.74 Å². The molecule has 3 nitrogen and oxygen atoms in total. The second-order valence-corrected chi connectivity index (χ2v) is 6.61. The highest BCUT2D eigenvalue weighted by Gasteiger charge is 2.44. The van der Waals surface area contributed by atoms with Gasteiger partial charge >= 0.3 is 0 Å². The van der Waals surface area contributed by atoms with E-state index in [1.165, 1.54) is 0 Å². The summed E-state index contributed by atoms with van der Waals surface area (Å²) >= 11 is 0. The third-order valence-electron chi connectivity index (χ3n) is 4.67. The van der Waals surface area contributed by atoms with Crippen LogP contribution in [0.15, 0.2) is 24.3 Å². The van der Waals surface area contributed by atoms with Crippen molar-refractivity contribution in [1.29, 1.82) is 5.26 Å². The van der Waals surface area contributed by atoms with E-state index in [0.717, 1.165) is 37.0 Å². The van der Waals surface area contributed by atoms with Crippen molar-refractivity contribution in [2.24, 2.45) is 10.8 Å². The fourth-order valence-electron chi connectivity index (χ4n) is 2.92. The largest absolute Gasteiger partial charge is 0.497 e. The summed E-state index contributed by atoms with van der Waals surface area (Å²) < 4.78 is 5.13. The maximum atomic E-state index is 10.7. The molecule has 1 fully saturated rings. The van der Waals surface area contributed by atoms with Crippen molar-refractivity contribution in [3.63, 3.8) is 0 Å². The van der Waals surface area contributed by atoms with Gasteiger partial charge in [0, 0.05) is 0 Å². The Kier molecular flexibility index (Phi) is 4.06. The van der Waals surface area contributed by atoms with Crippen LogP contribution in [0, 0.1) is 22.2 Å². The van der Waals surface area contributed by atoms with E-state index < -0.39 is 11.5 Å². The van der Waals surface area contributed by atoms with Crippen LogP contribution in [0.25, 0.3) is 0 Å². The number of hydrogen-bond acceptors (Lipinski definition) is 3. The molecule has 1 aromatic rings. The first-order valence-corrected chi connectivity index (χ1v) is 7.16. The minimum Gasteiger partial charge on any atom is -0.497 e. The van der Waals surface area contributed by atoms with Crippen molar-refractivity contribution >= 4 is 0 Å².